The van der Waals surface area contributed by atoms with E-state index in [9.17, 15) is 9.90 Å². The lowest BCUT2D eigenvalue weighted by Gasteiger charge is -2.28. The first-order valence-corrected chi connectivity index (χ1v) is 8.38. The largest absolute Gasteiger partial charge is 0.507 e. The Bertz CT molecular complexity index is 678. The smallest absolute Gasteiger partial charge is 0.264 e. The van der Waals surface area contributed by atoms with Gasteiger partial charge in [0.25, 0.3) is 5.91 Å². The topological polar surface area (TPSA) is 73.2 Å². The van der Waals surface area contributed by atoms with Crippen molar-refractivity contribution in [3.8, 4) is 5.75 Å². The molecule has 0 unspecified atom stereocenters. The highest BCUT2D eigenvalue weighted by Crippen LogP contribution is 2.40. The highest BCUT2D eigenvalue weighted by atomic mass is 35.5. The van der Waals surface area contributed by atoms with Gasteiger partial charge in [-0.1, -0.05) is 41.5 Å². The van der Waals surface area contributed by atoms with Gasteiger partial charge in [-0.15, -0.1) is 12.4 Å². The van der Waals surface area contributed by atoms with Crippen LogP contribution in [0.4, 0.5) is 0 Å². The number of phenols is 1. The number of hydrogen-bond donors (Lipinski definition) is 3. The van der Waals surface area contributed by atoms with Crippen molar-refractivity contribution < 1.29 is 9.90 Å². The molecule has 0 aromatic heterocycles. The number of carbonyl (C=O) groups excluding carboxylic acids is 1. The minimum atomic E-state index is -0.248. The summed E-state index contributed by atoms with van der Waals surface area (Å²) in [6, 6.07) is 3.85. The van der Waals surface area contributed by atoms with E-state index in [1.165, 1.54) is 0 Å². The number of halogens is 1. The maximum Gasteiger partial charge on any atom is 0.264 e. The van der Waals surface area contributed by atoms with Crippen molar-refractivity contribution in [3.63, 3.8) is 0 Å². The van der Waals surface area contributed by atoms with Crippen molar-refractivity contribution in [2.24, 2.45) is 0 Å². The van der Waals surface area contributed by atoms with Gasteiger partial charge in [0.15, 0.2) is 5.17 Å². The maximum atomic E-state index is 11.8. The van der Waals surface area contributed by atoms with Crippen molar-refractivity contribution in [1.29, 1.82) is 5.41 Å². The van der Waals surface area contributed by atoms with Crippen LogP contribution < -0.4 is 5.32 Å². The normalized spacial score (nSPS) is 17.0. The molecule has 1 fully saturated rings. The molecule has 0 saturated carbocycles. The van der Waals surface area contributed by atoms with Gasteiger partial charge in [0, 0.05) is 11.1 Å². The molecule has 0 bridgehead atoms. The molecule has 1 aromatic rings. The number of amides is 1. The van der Waals surface area contributed by atoms with Crippen molar-refractivity contribution >= 4 is 41.3 Å². The number of amidine groups is 1. The van der Waals surface area contributed by atoms with E-state index in [4.69, 9.17) is 5.41 Å². The molecule has 4 nitrogen and oxygen atoms in total. The van der Waals surface area contributed by atoms with Crippen LogP contribution in [-0.2, 0) is 15.6 Å². The minimum absolute atomic E-state index is 0. The van der Waals surface area contributed by atoms with E-state index in [0.717, 1.165) is 28.5 Å². The maximum absolute atomic E-state index is 11.8. The molecule has 3 N–H and O–H groups in total. The number of thioether (sulfide) groups is 1. The molecule has 1 saturated heterocycles. The molecule has 132 valence electrons. The van der Waals surface area contributed by atoms with E-state index in [1.54, 1.807) is 6.08 Å². The van der Waals surface area contributed by atoms with Gasteiger partial charge in [0.2, 0.25) is 0 Å². The number of benzene rings is 1. The predicted molar refractivity (Wildman–Crippen MR) is 104 cm³/mol. The van der Waals surface area contributed by atoms with Crippen LogP contribution in [0, 0.1) is 5.41 Å². The molecular formula is C18H25ClN2O2S. The highest BCUT2D eigenvalue weighted by Gasteiger charge is 2.27. The molecule has 1 aromatic carbocycles. The molecule has 0 atom stereocenters. The standard InChI is InChI=1S/C18H24N2O2S.ClH/c1-17(2,3)11-7-10(8-12(14(11)21)18(4,5)6)9-13-15(22)20-16(19)23-13;/h7-9,21H,1-6H3,(H2,19,20,22);1H/b13-9-;. The summed E-state index contributed by atoms with van der Waals surface area (Å²) in [6.45, 7) is 12.3. The fraction of sp³-hybridized carbons (Fsp3) is 0.444. The third-order valence-corrected chi connectivity index (χ3v) is 4.54. The van der Waals surface area contributed by atoms with Crippen LogP contribution in [0.25, 0.3) is 6.08 Å². The summed E-state index contributed by atoms with van der Waals surface area (Å²) in [5, 5.41) is 20.9. The van der Waals surface area contributed by atoms with Gasteiger partial charge < -0.3 is 10.4 Å². The van der Waals surface area contributed by atoms with Gasteiger partial charge in [-0.2, -0.15) is 0 Å². The predicted octanol–water partition coefficient (Wildman–Crippen LogP) is 4.55. The van der Waals surface area contributed by atoms with E-state index >= 15 is 0 Å². The second-order valence-electron chi connectivity index (χ2n) is 7.86. The number of rotatable bonds is 1. The molecule has 2 rings (SSSR count). The Balaban J connectivity index is 0.00000288. The summed E-state index contributed by atoms with van der Waals surface area (Å²) < 4.78 is 0. The van der Waals surface area contributed by atoms with Gasteiger partial charge >= 0.3 is 0 Å². The van der Waals surface area contributed by atoms with Gasteiger partial charge in [-0.05, 0) is 46.4 Å². The van der Waals surface area contributed by atoms with Crippen LogP contribution in [0.1, 0.15) is 58.2 Å². The molecule has 1 amide bonds. The van der Waals surface area contributed by atoms with Gasteiger partial charge in [-0.3, -0.25) is 10.2 Å². The lowest BCUT2D eigenvalue weighted by Crippen LogP contribution is -2.18. The summed E-state index contributed by atoms with van der Waals surface area (Å²) in [4.78, 5) is 12.3. The number of hydrogen-bond acceptors (Lipinski definition) is 4. The Hall–Kier alpha value is -1.46. The molecule has 1 aliphatic rings. The Morgan fingerprint density at radius 3 is 1.88 bits per heavy atom. The van der Waals surface area contributed by atoms with Crippen molar-refractivity contribution in [2.75, 3.05) is 0 Å². The Morgan fingerprint density at radius 1 is 1.08 bits per heavy atom. The molecule has 0 aliphatic carbocycles. The average Bonchev–Trinajstić information content (AvgIpc) is 2.67. The van der Waals surface area contributed by atoms with E-state index in [0.29, 0.717) is 10.7 Å². The summed E-state index contributed by atoms with van der Waals surface area (Å²) in [7, 11) is 0. The molecule has 0 spiro atoms. The zero-order valence-electron chi connectivity index (χ0n) is 14.9. The molecule has 6 heteroatoms. The van der Waals surface area contributed by atoms with E-state index in [2.05, 4.69) is 46.9 Å². The Labute approximate surface area is 154 Å². The molecule has 1 heterocycles. The Kier molecular flexibility index (Phi) is 5.84. The number of phenolic OH excluding ortho intramolecular Hbond substituents is 1. The molecule has 0 radical (unpaired) electrons. The number of aromatic hydroxyl groups is 1. The third kappa shape index (κ3) is 4.33. The van der Waals surface area contributed by atoms with Crippen LogP contribution >= 0.6 is 24.2 Å². The molecule has 24 heavy (non-hydrogen) atoms. The fourth-order valence-corrected chi connectivity index (χ4v) is 3.18. The van der Waals surface area contributed by atoms with Crippen LogP contribution in [-0.4, -0.2) is 16.2 Å². The lowest BCUT2D eigenvalue weighted by molar-refractivity contribution is -0.115. The summed E-state index contributed by atoms with van der Waals surface area (Å²) in [6.07, 6.45) is 1.78. The van der Waals surface area contributed by atoms with E-state index in [-0.39, 0.29) is 34.3 Å². The van der Waals surface area contributed by atoms with Crippen molar-refractivity contribution in [1.82, 2.24) is 5.32 Å². The summed E-state index contributed by atoms with van der Waals surface area (Å²) >= 11 is 1.12. The average molecular weight is 369 g/mol. The number of nitrogens with one attached hydrogen (secondary N) is 2. The van der Waals surface area contributed by atoms with Gasteiger partial charge in [0.1, 0.15) is 5.75 Å². The van der Waals surface area contributed by atoms with Crippen LogP contribution in [0.15, 0.2) is 17.0 Å². The zero-order valence-corrected chi connectivity index (χ0v) is 16.5. The van der Waals surface area contributed by atoms with Crippen molar-refractivity contribution in [2.45, 2.75) is 52.4 Å². The first-order chi connectivity index (χ1) is 10.4. The Morgan fingerprint density at radius 2 is 1.54 bits per heavy atom. The molecule has 1 aliphatic heterocycles. The lowest BCUT2D eigenvalue weighted by atomic mass is 9.78. The van der Waals surface area contributed by atoms with Crippen LogP contribution in [0.3, 0.4) is 0 Å². The number of carbonyl (C=O) groups is 1. The highest BCUT2D eigenvalue weighted by molar-refractivity contribution is 8.18. The third-order valence-electron chi connectivity index (χ3n) is 3.71. The fourth-order valence-electron chi connectivity index (χ4n) is 2.48. The molecular weight excluding hydrogens is 344 g/mol. The summed E-state index contributed by atoms with van der Waals surface area (Å²) in [5.41, 5.74) is 2.16. The van der Waals surface area contributed by atoms with E-state index < -0.39 is 0 Å². The monoisotopic (exact) mass is 368 g/mol. The van der Waals surface area contributed by atoms with Crippen molar-refractivity contribution in [3.05, 3.63) is 33.7 Å². The second-order valence-corrected chi connectivity index (χ2v) is 8.91. The first-order valence-electron chi connectivity index (χ1n) is 7.57. The second kappa shape index (κ2) is 6.81. The van der Waals surface area contributed by atoms with Crippen LogP contribution in [0.2, 0.25) is 0 Å². The van der Waals surface area contributed by atoms with Gasteiger partial charge in [0.05, 0.1) is 4.91 Å². The van der Waals surface area contributed by atoms with Crippen LogP contribution in [0.5, 0.6) is 5.75 Å². The van der Waals surface area contributed by atoms with E-state index in [1.807, 2.05) is 12.1 Å². The quantitative estimate of drug-likeness (QED) is 0.637. The zero-order chi connectivity index (χ0) is 17.6. The summed E-state index contributed by atoms with van der Waals surface area (Å²) in [5.74, 6) is 0.0751. The SMILES string of the molecule is CC(C)(C)c1cc(/C=C2\SC(=N)NC2=O)cc(C(C)(C)C)c1O.Cl. The minimum Gasteiger partial charge on any atom is -0.507 e. The van der Waals surface area contributed by atoms with Gasteiger partial charge in [-0.25, -0.2) is 0 Å². The first kappa shape index (κ1) is 20.6.